The van der Waals surface area contributed by atoms with Gasteiger partial charge in [-0.25, -0.2) is 13.4 Å². The molecule has 1 aliphatic rings. The number of hydrogen-bond acceptors (Lipinski definition) is 5. The fraction of sp³-hybridized carbons (Fsp3) is 0.429. The number of hydrogen-bond donors (Lipinski definition) is 1. The van der Waals surface area contributed by atoms with E-state index in [1.807, 2.05) is 6.92 Å². The van der Waals surface area contributed by atoms with Crippen LogP contribution in [0.15, 0.2) is 22.5 Å². The van der Waals surface area contributed by atoms with Crippen LogP contribution >= 0.6 is 11.8 Å². The van der Waals surface area contributed by atoms with Crippen LogP contribution in [-0.2, 0) is 9.84 Å². The van der Waals surface area contributed by atoms with Crippen LogP contribution in [-0.4, -0.2) is 34.6 Å². The molecular weight excluding hydrogens is 302 g/mol. The van der Waals surface area contributed by atoms with Gasteiger partial charge in [-0.2, -0.15) is 5.10 Å². The van der Waals surface area contributed by atoms with E-state index in [4.69, 9.17) is 0 Å². The van der Waals surface area contributed by atoms with Crippen molar-refractivity contribution in [2.75, 3.05) is 5.75 Å². The molecule has 0 fully saturated rings. The number of nitrogens with one attached hydrogen (secondary N) is 1. The van der Waals surface area contributed by atoms with Crippen molar-refractivity contribution in [1.82, 2.24) is 15.2 Å². The minimum atomic E-state index is -2.99. The van der Waals surface area contributed by atoms with E-state index in [-0.39, 0.29) is 28.0 Å². The second kappa shape index (κ2) is 4.67. The molecule has 5 nitrogen and oxygen atoms in total. The van der Waals surface area contributed by atoms with Gasteiger partial charge in [-0.3, -0.25) is 5.10 Å². The van der Waals surface area contributed by atoms with Crippen molar-refractivity contribution in [2.45, 2.75) is 17.3 Å². The Balaban J connectivity index is 0.00000112. The molecule has 1 aromatic rings. The molecule has 0 saturated carbocycles. The van der Waals surface area contributed by atoms with Gasteiger partial charge >= 0.3 is 0 Å². The quantitative estimate of drug-likeness (QED) is 0.659. The summed E-state index contributed by atoms with van der Waals surface area (Å²) in [6.45, 7) is 1.82. The van der Waals surface area contributed by atoms with Gasteiger partial charge in [-0.15, -0.1) is 0 Å². The summed E-state index contributed by atoms with van der Waals surface area (Å²) >= 11 is 1.39. The molecular formula is C7H9BrN3O2S2-. The molecule has 2 rings (SSSR count). The molecule has 15 heavy (non-hydrogen) atoms. The van der Waals surface area contributed by atoms with E-state index in [1.165, 1.54) is 23.5 Å². The lowest BCUT2D eigenvalue weighted by Gasteiger charge is -2.06. The van der Waals surface area contributed by atoms with Crippen LogP contribution in [0.3, 0.4) is 0 Å². The fourth-order valence-corrected chi connectivity index (χ4v) is 4.44. The van der Waals surface area contributed by atoms with Gasteiger partial charge < -0.3 is 17.0 Å². The summed E-state index contributed by atoms with van der Waals surface area (Å²) in [5.41, 5.74) is 0.867. The average Bonchev–Trinajstić information content (AvgIpc) is 2.61. The van der Waals surface area contributed by atoms with E-state index in [2.05, 4.69) is 15.2 Å². The largest absolute Gasteiger partial charge is 1.00 e. The first-order chi connectivity index (χ1) is 6.57. The maximum Gasteiger partial charge on any atom is 0.184 e. The van der Waals surface area contributed by atoms with Crippen molar-refractivity contribution in [3.63, 3.8) is 0 Å². The highest BCUT2D eigenvalue weighted by molar-refractivity contribution is 8.02. The van der Waals surface area contributed by atoms with Crippen molar-refractivity contribution in [3.05, 3.63) is 17.3 Å². The lowest BCUT2D eigenvalue weighted by atomic mass is 10.3. The SMILES string of the molecule is CC1=CS(=O)(=O)CC1Sc1ncn[nH]1.[Br-]. The van der Waals surface area contributed by atoms with Crippen molar-refractivity contribution in [2.24, 2.45) is 0 Å². The minimum absolute atomic E-state index is 0. The molecule has 1 aliphatic heterocycles. The number of thioether (sulfide) groups is 1. The number of nitrogens with zero attached hydrogens (tertiary/aromatic N) is 2. The van der Waals surface area contributed by atoms with Crippen LogP contribution in [0.5, 0.6) is 0 Å². The number of rotatable bonds is 2. The molecule has 1 N–H and O–H groups in total. The molecule has 0 radical (unpaired) electrons. The average molecular weight is 311 g/mol. The topological polar surface area (TPSA) is 75.7 Å². The Kier molecular flexibility index (Phi) is 3.96. The van der Waals surface area contributed by atoms with Crippen molar-refractivity contribution in [3.8, 4) is 0 Å². The first-order valence-corrected chi connectivity index (χ1v) is 6.59. The van der Waals surface area contributed by atoms with Gasteiger partial charge in [0.15, 0.2) is 15.0 Å². The Bertz CT molecular complexity index is 455. The number of H-pyrrole nitrogens is 1. The Morgan fingerprint density at radius 3 is 2.80 bits per heavy atom. The molecule has 1 aromatic heterocycles. The fourth-order valence-electron chi connectivity index (χ4n) is 1.26. The summed E-state index contributed by atoms with van der Waals surface area (Å²) in [5.74, 6) is 0.157. The van der Waals surface area contributed by atoms with Crippen LogP contribution in [0, 0.1) is 0 Å². The third-order valence-corrected chi connectivity index (χ3v) is 4.89. The van der Waals surface area contributed by atoms with Crippen molar-refractivity contribution in [1.29, 1.82) is 0 Å². The first kappa shape index (κ1) is 12.7. The summed E-state index contributed by atoms with van der Waals surface area (Å²) in [6.07, 6.45) is 1.41. The van der Waals surface area contributed by atoms with Gasteiger partial charge in [0.05, 0.1) is 5.75 Å². The van der Waals surface area contributed by atoms with Gasteiger partial charge in [-0.1, -0.05) is 11.8 Å². The standard InChI is InChI=1S/C7H9N3O2S2.BrH/c1-5-2-14(11,12)3-6(5)13-7-8-4-9-10-7;/h2,4,6H,3H2,1H3,(H,8,9,10);1H/p-1. The van der Waals surface area contributed by atoms with E-state index in [1.54, 1.807) is 0 Å². The minimum Gasteiger partial charge on any atom is -1.00 e. The monoisotopic (exact) mass is 310 g/mol. The molecule has 0 aromatic carbocycles. The number of sulfone groups is 1. The second-order valence-corrected chi connectivity index (χ2v) is 6.17. The van der Waals surface area contributed by atoms with Crippen LogP contribution in [0.2, 0.25) is 0 Å². The van der Waals surface area contributed by atoms with E-state index in [0.29, 0.717) is 5.16 Å². The van der Waals surface area contributed by atoms with Gasteiger partial charge in [0.25, 0.3) is 0 Å². The lowest BCUT2D eigenvalue weighted by molar-refractivity contribution is -0.00000541. The maximum absolute atomic E-state index is 11.2. The van der Waals surface area contributed by atoms with E-state index in [0.717, 1.165) is 5.57 Å². The lowest BCUT2D eigenvalue weighted by Crippen LogP contribution is -3.00. The van der Waals surface area contributed by atoms with Crippen LogP contribution < -0.4 is 17.0 Å². The number of aromatic amines is 1. The van der Waals surface area contributed by atoms with Crippen LogP contribution in [0.4, 0.5) is 0 Å². The summed E-state index contributed by atoms with van der Waals surface area (Å²) in [6, 6.07) is 0. The maximum atomic E-state index is 11.2. The zero-order valence-electron chi connectivity index (χ0n) is 7.84. The number of halogens is 1. The van der Waals surface area contributed by atoms with Crippen molar-refractivity contribution >= 4 is 21.6 Å². The second-order valence-electron chi connectivity index (χ2n) is 3.09. The third kappa shape index (κ3) is 3.05. The zero-order chi connectivity index (χ0) is 10.2. The molecule has 2 heterocycles. The molecule has 0 bridgehead atoms. The predicted molar refractivity (Wildman–Crippen MR) is 53.6 cm³/mol. The highest BCUT2D eigenvalue weighted by Crippen LogP contribution is 2.31. The summed E-state index contributed by atoms with van der Waals surface area (Å²) in [4.78, 5) is 3.94. The van der Waals surface area contributed by atoms with E-state index >= 15 is 0 Å². The molecule has 0 saturated heterocycles. The molecule has 0 spiro atoms. The zero-order valence-corrected chi connectivity index (χ0v) is 11.1. The summed E-state index contributed by atoms with van der Waals surface area (Å²) in [5, 5.41) is 8.34. The van der Waals surface area contributed by atoms with Gasteiger partial charge in [0, 0.05) is 10.7 Å². The van der Waals surface area contributed by atoms with Crippen LogP contribution in [0.25, 0.3) is 0 Å². The van der Waals surface area contributed by atoms with Crippen molar-refractivity contribution < 1.29 is 25.4 Å². The normalized spacial score (nSPS) is 23.3. The molecule has 0 aliphatic carbocycles. The summed E-state index contributed by atoms with van der Waals surface area (Å²) < 4.78 is 22.5. The Labute approximate surface area is 102 Å². The van der Waals surface area contributed by atoms with Gasteiger partial charge in [0.2, 0.25) is 0 Å². The molecule has 0 amide bonds. The molecule has 1 unspecified atom stereocenters. The Morgan fingerprint density at radius 2 is 2.33 bits per heavy atom. The predicted octanol–water partition coefficient (Wildman–Crippen LogP) is -2.40. The van der Waals surface area contributed by atoms with Gasteiger partial charge in [-0.05, 0) is 12.5 Å². The van der Waals surface area contributed by atoms with E-state index < -0.39 is 9.84 Å². The smallest absolute Gasteiger partial charge is 0.184 e. The third-order valence-electron chi connectivity index (χ3n) is 1.90. The first-order valence-electron chi connectivity index (χ1n) is 4.00. The highest BCUT2D eigenvalue weighted by atomic mass is 79.9. The summed E-state index contributed by atoms with van der Waals surface area (Å²) in [7, 11) is -2.99. The number of aromatic nitrogens is 3. The molecule has 8 heteroatoms. The highest BCUT2D eigenvalue weighted by Gasteiger charge is 2.28. The molecule has 84 valence electrons. The van der Waals surface area contributed by atoms with Crippen LogP contribution in [0.1, 0.15) is 6.92 Å². The van der Waals surface area contributed by atoms with Gasteiger partial charge in [0.1, 0.15) is 6.33 Å². The molecule has 1 atom stereocenters. The van der Waals surface area contributed by atoms with E-state index in [9.17, 15) is 8.42 Å². The Hall–Kier alpha value is -0.340. The Morgan fingerprint density at radius 1 is 1.60 bits per heavy atom.